The SMILES string of the molecule is COc1ccc2c(OC)cc3c(c2c1)-c1ccc(OC)c2ccc(OC)c-3c12. The van der Waals surface area contributed by atoms with E-state index < -0.39 is 0 Å². The van der Waals surface area contributed by atoms with Crippen LogP contribution in [0, 0.1) is 0 Å². The number of methoxy groups -OCH3 is 4. The highest BCUT2D eigenvalue weighted by atomic mass is 16.5. The normalized spacial score (nSPS) is 11.6. The molecule has 0 spiro atoms. The highest BCUT2D eigenvalue weighted by Gasteiger charge is 2.29. The highest BCUT2D eigenvalue weighted by Crippen LogP contribution is 2.56. The van der Waals surface area contributed by atoms with Gasteiger partial charge in [0.2, 0.25) is 0 Å². The van der Waals surface area contributed by atoms with Crippen molar-refractivity contribution in [1.82, 2.24) is 0 Å². The van der Waals surface area contributed by atoms with Gasteiger partial charge in [-0.2, -0.15) is 0 Å². The molecule has 1 aliphatic rings. The average Bonchev–Trinajstić information content (AvgIpc) is 3.09. The molecule has 0 unspecified atom stereocenters. The van der Waals surface area contributed by atoms with Crippen molar-refractivity contribution in [2.24, 2.45) is 0 Å². The Kier molecular flexibility index (Phi) is 3.63. The van der Waals surface area contributed by atoms with E-state index in [1.54, 1.807) is 28.4 Å². The Morgan fingerprint density at radius 1 is 0.500 bits per heavy atom. The maximum absolute atomic E-state index is 5.73. The number of hydrogen-bond donors (Lipinski definition) is 0. The Hall–Kier alpha value is -3.40. The maximum atomic E-state index is 5.73. The molecule has 0 aliphatic heterocycles. The summed E-state index contributed by atoms with van der Waals surface area (Å²) < 4.78 is 22.6. The zero-order valence-corrected chi connectivity index (χ0v) is 16.3. The molecule has 0 bridgehead atoms. The van der Waals surface area contributed by atoms with Gasteiger partial charge >= 0.3 is 0 Å². The van der Waals surface area contributed by atoms with Crippen molar-refractivity contribution in [3.63, 3.8) is 0 Å². The summed E-state index contributed by atoms with van der Waals surface area (Å²) in [5, 5.41) is 4.37. The second-order valence-electron chi connectivity index (χ2n) is 6.79. The molecule has 5 rings (SSSR count). The molecular formula is C24H20O4. The van der Waals surface area contributed by atoms with E-state index in [0.717, 1.165) is 55.7 Å². The largest absolute Gasteiger partial charge is 0.497 e. The van der Waals surface area contributed by atoms with Crippen molar-refractivity contribution in [2.45, 2.75) is 0 Å². The van der Waals surface area contributed by atoms with Crippen LogP contribution in [0.4, 0.5) is 0 Å². The van der Waals surface area contributed by atoms with Gasteiger partial charge < -0.3 is 18.9 Å². The first-order valence-corrected chi connectivity index (χ1v) is 9.09. The fourth-order valence-electron chi connectivity index (χ4n) is 4.38. The molecule has 0 atom stereocenters. The van der Waals surface area contributed by atoms with Crippen LogP contribution in [0.25, 0.3) is 43.8 Å². The average molecular weight is 372 g/mol. The minimum atomic E-state index is 0.815. The van der Waals surface area contributed by atoms with E-state index in [-0.39, 0.29) is 0 Å². The van der Waals surface area contributed by atoms with E-state index in [2.05, 4.69) is 24.3 Å². The van der Waals surface area contributed by atoms with Crippen LogP contribution >= 0.6 is 0 Å². The van der Waals surface area contributed by atoms with Gasteiger partial charge in [-0.25, -0.2) is 0 Å². The van der Waals surface area contributed by atoms with Crippen molar-refractivity contribution in [2.75, 3.05) is 28.4 Å². The number of ether oxygens (including phenoxy) is 4. The van der Waals surface area contributed by atoms with E-state index in [1.165, 1.54) is 11.1 Å². The molecular weight excluding hydrogens is 352 g/mol. The number of benzene rings is 4. The quantitative estimate of drug-likeness (QED) is 0.407. The summed E-state index contributed by atoms with van der Waals surface area (Å²) in [5.41, 5.74) is 4.51. The Morgan fingerprint density at radius 2 is 1.21 bits per heavy atom. The van der Waals surface area contributed by atoms with Gasteiger partial charge in [-0.3, -0.25) is 0 Å². The van der Waals surface area contributed by atoms with Crippen LogP contribution < -0.4 is 18.9 Å². The third-order valence-electron chi connectivity index (χ3n) is 5.61. The zero-order valence-electron chi connectivity index (χ0n) is 16.3. The van der Waals surface area contributed by atoms with E-state index in [1.807, 2.05) is 24.3 Å². The second kappa shape index (κ2) is 6.06. The Labute approximate surface area is 163 Å². The van der Waals surface area contributed by atoms with Crippen LogP contribution in [0.15, 0.2) is 48.5 Å². The van der Waals surface area contributed by atoms with Gasteiger partial charge in [-0.05, 0) is 70.6 Å². The van der Waals surface area contributed by atoms with Crippen LogP contribution in [-0.4, -0.2) is 28.4 Å². The van der Waals surface area contributed by atoms with Gasteiger partial charge in [0.15, 0.2) is 0 Å². The van der Waals surface area contributed by atoms with Crippen LogP contribution in [0.1, 0.15) is 0 Å². The van der Waals surface area contributed by atoms with Crippen LogP contribution in [0.3, 0.4) is 0 Å². The Bertz CT molecular complexity index is 1260. The molecule has 1 aliphatic carbocycles. The molecule has 4 nitrogen and oxygen atoms in total. The first-order chi connectivity index (χ1) is 13.7. The van der Waals surface area contributed by atoms with Gasteiger partial charge in [0.25, 0.3) is 0 Å². The van der Waals surface area contributed by atoms with E-state index >= 15 is 0 Å². The summed E-state index contributed by atoms with van der Waals surface area (Å²) in [6, 6.07) is 16.4. The fourth-order valence-corrected chi connectivity index (χ4v) is 4.38. The molecule has 0 heterocycles. The van der Waals surface area contributed by atoms with Gasteiger partial charge in [-0.15, -0.1) is 0 Å². The lowest BCUT2D eigenvalue weighted by atomic mass is 9.95. The van der Waals surface area contributed by atoms with Crippen LogP contribution in [0.2, 0.25) is 0 Å². The lowest BCUT2D eigenvalue weighted by Gasteiger charge is -2.14. The standard InChI is InChI=1S/C24H20O4/c1-25-13-5-6-14-17(11-13)22-16-8-9-19(26-2)15-7-10-20(27-3)24(23(15)16)18(22)12-21(14)28-4/h5-12H,1-4H3. The lowest BCUT2D eigenvalue weighted by Crippen LogP contribution is -1.91. The van der Waals surface area contributed by atoms with Crippen molar-refractivity contribution in [3.05, 3.63) is 48.5 Å². The fraction of sp³-hybridized carbons (Fsp3) is 0.167. The minimum Gasteiger partial charge on any atom is -0.497 e. The number of hydrogen-bond acceptors (Lipinski definition) is 4. The summed E-state index contributed by atoms with van der Waals surface area (Å²) in [6.07, 6.45) is 0. The van der Waals surface area contributed by atoms with Gasteiger partial charge in [0.05, 0.1) is 28.4 Å². The number of rotatable bonds is 4. The van der Waals surface area contributed by atoms with Crippen molar-refractivity contribution in [3.8, 4) is 45.3 Å². The van der Waals surface area contributed by atoms with Gasteiger partial charge in [0.1, 0.15) is 23.0 Å². The monoisotopic (exact) mass is 372 g/mol. The predicted molar refractivity (Wildman–Crippen MR) is 112 cm³/mol. The lowest BCUT2D eigenvalue weighted by molar-refractivity contribution is 0.414. The molecule has 0 saturated heterocycles. The Balaban J connectivity index is 2.01. The van der Waals surface area contributed by atoms with Gasteiger partial charge in [-0.1, -0.05) is 0 Å². The topological polar surface area (TPSA) is 36.9 Å². The number of fused-ring (bicyclic) bond motifs is 5. The molecule has 28 heavy (non-hydrogen) atoms. The molecule has 0 fully saturated rings. The zero-order chi connectivity index (χ0) is 19.4. The van der Waals surface area contributed by atoms with Crippen molar-refractivity contribution >= 4 is 21.5 Å². The summed E-state index contributed by atoms with van der Waals surface area (Å²) in [4.78, 5) is 0. The maximum Gasteiger partial charge on any atom is 0.127 e. The second-order valence-corrected chi connectivity index (χ2v) is 6.79. The smallest absolute Gasteiger partial charge is 0.127 e. The third-order valence-corrected chi connectivity index (χ3v) is 5.61. The first-order valence-electron chi connectivity index (χ1n) is 9.09. The molecule has 0 radical (unpaired) electrons. The summed E-state index contributed by atoms with van der Waals surface area (Å²) in [7, 11) is 6.79. The summed E-state index contributed by atoms with van der Waals surface area (Å²) in [6.45, 7) is 0. The summed E-state index contributed by atoms with van der Waals surface area (Å²) in [5.74, 6) is 3.33. The highest BCUT2D eigenvalue weighted by molar-refractivity contribution is 6.24. The molecule has 140 valence electrons. The molecule has 0 saturated carbocycles. The van der Waals surface area contributed by atoms with E-state index in [0.29, 0.717) is 0 Å². The van der Waals surface area contributed by atoms with Crippen molar-refractivity contribution < 1.29 is 18.9 Å². The minimum absolute atomic E-state index is 0.815. The van der Waals surface area contributed by atoms with Crippen molar-refractivity contribution in [1.29, 1.82) is 0 Å². The molecule has 0 aromatic heterocycles. The van der Waals surface area contributed by atoms with Crippen LogP contribution in [-0.2, 0) is 0 Å². The van der Waals surface area contributed by atoms with E-state index in [4.69, 9.17) is 18.9 Å². The Morgan fingerprint density at radius 3 is 1.93 bits per heavy atom. The molecule has 4 heteroatoms. The third kappa shape index (κ3) is 2.06. The van der Waals surface area contributed by atoms with Gasteiger partial charge in [0, 0.05) is 21.7 Å². The molecule has 0 amide bonds. The summed E-state index contributed by atoms with van der Waals surface area (Å²) >= 11 is 0. The molecule has 0 N–H and O–H groups in total. The first kappa shape index (κ1) is 16.8. The molecule has 4 aromatic carbocycles. The van der Waals surface area contributed by atoms with Crippen LogP contribution in [0.5, 0.6) is 23.0 Å². The predicted octanol–water partition coefficient (Wildman–Crippen LogP) is 5.67. The van der Waals surface area contributed by atoms with E-state index in [9.17, 15) is 0 Å². The molecule has 4 aromatic rings.